The van der Waals surface area contributed by atoms with Crippen molar-refractivity contribution in [1.29, 1.82) is 0 Å². The summed E-state index contributed by atoms with van der Waals surface area (Å²) in [6.45, 7) is 1.89. The predicted octanol–water partition coefficient (Wildman–Crippen LogP) is 3.15. The van der Waals surface area contributed by atoms with Crippen molar-refractivity contribution in [2.24, 2.45) is 0 Å². The van der Waals surface area contributed by atoms with Crippen LogP contribution in [0.1, 0.15) is 21.5 Å². The van der Waals surface area contributed by atoms with Gasteiger partial charge in [0.1, 0.15) is 0 Å². The van der Waals surface area contributed by atoms with Crippen LogP contribution in [0.25, 0.3) is 6.08 Å². The maximum atomic E-state index is 11.3. The summed E-state index contributed by atoms with van der Waals surface area (Å²) in [5.41, 5.74) is 2.58. The molecular weight excluding hydrogens is 244 g/mol. The molecule has 0 fully saturated rings. The van der Waals surface area contributed by atoms with Crippen LogP contribution in [-0.2, 0) is 4.74 Å². The molecule has 0 bridgehead atoms. The van der Waals surface area contributed by atoms with Crippen molar-refractivity contribution >= 4 is 28.0 Å². The van der Waals surface area contributed by atoms with Crippen LogP contribution in [-0.4, -0.2) is 13.1 Å². The molecular formula is C11H11BrO2. The number of rotatable bonds is 2. The first-order valence-electron chi connectivity index (χ1n) is 4.14. The topological polar surface area (TPSA) is 26.3 Å². The quantitative estimate of drug-likeness (QED) is 0.759. The van der Waals surface area contributed by atoms with E-state index >= 15 is 0 Å². The molecule has 0 N–H and O–H groups in total. The van der Waals surface area contributed by atoms with Gasteiger partial charge in [0.2, 0.25) is 0 Å². The van der Waals surface area contributed by atoms with E-state index < -0.39 is 0 Å². The van der Waals surface area contributed by atoms with E-state index in [0.29, 0.717) is 5.56 Å². The van der Waals surface area contributed by atoms with E-state index in [1.54, 1.807) is 11.1 Å². The number of carbonyl (C=O) groups excluding carboxylic acids is 1. The standard InChI is InChI=1S/C11H11BrO2/c1-8-7-9(5-6-12)3-4-10(8)11(13)14-2/h3-7H,1-2H3/b6-5+. The van der Waals surface area contributed by atoms with Crippen LogP contribution < -0.4 is 0 Å². The number of aryl methyl sites for hydroxylation is 1. The summed E-state index contributed by atoms with van der Waals surface area (Å²) in [5.74, 6) is -0.295. The molecule has 0 unspecified atom stereocenters. The molecule has 0 atom stereocenters. The van der Waals surface area contributed by atoms with Crippen molar-refractivity contribution in [1.82, 2.24) is 0 Å². The Labute approximate surface area is 91.7 Å². The molecule has 0 saturated carbocycles. The zero-order valence-electron chi connectivity index (χ0n) is 8.08. The number of halogens is 1. The third-order valence-corrected chi connectivity index (χ3v) is 2.18. The first-order valence-corrected chi connectivity index (χ1v) is 5.06. The zero-order chi connectivity index (χ0) is 10.6. The number of benzene rings is 1. The molecule has 0 aromatic heterocycles. The van der Waals surface area contributed by atoms with E-state index in [2.05, 4.69) is 20.7 Å². The SMILES string of the molecule is COC(=O)c1ccc(/C=C/Br)cc1C. The second-order valence-electron chi connectivity index (χ2n) is 2.86. The van der Waals surface area contributed by atoms with Gasteiger partial charge in [0.25, 0.3) is 0 Å². The molecule has 1 aromatic carbocycles. The number of ether oxygens (including phenoxy) is 1. The Morgan fingerprint density at radius 2 is 2.21 bits per heavy atom. The lowest BCUT2D eigenvalue weighted by Gasteiger charge is -2.04. The Hall–Kier alpha value is -1.09. The first kappa shape index (κ1) is 11.0. The van der Waals surface area contributed by atoms with Gasteiger partial charge in [-0.1, -0.05) is 28.1 Å². The zero-order valence-corrected chi connectivity index (χ0v) is 9.67. The highest BCUT2D eigenvalue weighted by atomic mass is 79.9. The molecule has 1 rings (SSSR count). The monoisotopic (exact) mass is 254 g/mol. The normalized spacial score (nSPS) is 10.5. The third-order valence-electron chi connectivity index (χ3n) is 1.91. The minimum absolute atomic E-state index is 0.295. The molecule has 2 nitrogen and oxygen atoms in total. The van der Waals surface area contributed by atoms with E-state index in [4.69, 9.17) is 0 Å². The average Bonchev–Trinajstić information content (AvgIpc) is 2.17. The summed E-state index contributed by atoms with van der Waals surface area (Å²) < 4.78 is 4.65. The summed E-state index contributed by atoms with van der Waals surface area (Å²) in [4.78, 5) is 13.0. The van der Waals surface area contributed by atoms with Gasteiger partial charge in [-0.3, -0.25) is 0 Å². The molecule has 0 amide bonds. The number of esters is 1. The van der Waals surface area contributed by atoms with Crippen LogP contribution in [0.3, 0.4) is 0 Å². The Morgan fingerprint density at radius 3 is 2.71 bits per heavy atom. The van der Waals surface area contributed by atoms with Crippen LogP contribution in [0, 0.1) is 6.92 Å². The molecule has 0 aliphatic carbocycles. The van der Waals surface area contributed by atoms with Gasteiger partial charge in [-0.25, -0.2) is 4.79 Å². The maximum absolute atomic E-state index is 11.3. The Morgan fingerprint density at radius 1 is 1.50 bits per heavy atom. The minimum Gasteiger partial charge on any atom is -0.465 e. The maximum Gasteiger partial charge on any atom is 0.338 e. The van der Waals surface area contributed by atoms with Gasteiger partial charge in [-0.05, 0) is 35.2 Å². The fourth-order valence-corrected chi connectivity index (χ4v) is 1.51. The van der Waals surface area contributed by atoms with Gasteiger partial charge in [-0.15, -0.1) is 0 Å². The van der Waals surface area contributed by atoms with E-state index in [-0.39, 0.29) is 5.97 Å². The van der Waals surface area contributed by atoms with Gasteiger partial charge in [0.05, 0.1) is 12.7 Å². The lowest BCUT2D eigenvalue weighted by Crippen LogP contribution is -2.03. The Balaban J connectivity index is 3.07. The lowest BCUT2D eigenvalue weighted by atomic mass is 10.1. The average molecular weight is 255 g/mol. The second-order valence-corrected chi connectivity index (χ2v) is 3.39. The number of methoxy groups -OCH3 is 1. The van der Waals surface area contributed by atoms with Gasteiger partial charge in [0, 0.05) is 0 Å². The lowest BCUT2D eigenvalue weighted by molar-refractivity contribution is 0.0600. The number of carbonyl (C=O) groups is 1. The molecule has 0 spiro atoms. The molecule has 0 radical (unpaired) electrons. The highest BCUT2D eigenvalue weighted by Crippen LogP contribution is 2.13. The second kappa shape index (κ2) is 4.96. The smallest absolute Gasteiger partial charge is 0.338 e. The van der Waals surface area contributed by atoms with Gasteiger partial charge < -0.3 is 4.74 Å². The number of hydrogen-bond donors (Lipinski definition) is 0. The van der Waals surface area contributed by atoms with Crippen molar-refractivity contribution in [3.8, 4) is 0 Å². The molecule has 0 heterocycles. The van der Waals surface area contributed by atoms with Gasteiger partial charge >= 0.3 is 5.97 Å². The highest BCUT2D eigenvalue weighted by Gasteiger charge is 2.07. The predicted molar refractivity (Wildman–Crippen MR) is 60.5 cm³/mol. The minimum atomic E-state index is -0.295. The Kier molecular flexibility index (Phi) is 3.89. The summed E-state index contributed by atoms with van der Waals surface area (Å²) >= 11 is 3.20. The number of hydrogen-bond acceptors (Lipinski definition) is 2. The van der Waals surface area contributed by atoms with Crippen molar-refractivity contribution in [3.05, 3.63) is 39.9 Å². The van der Waals surface area contributed by atoms with Crippen LogP contribution in [0.15, 0.2) is 23.2 Å². The fourth-order valence-electron chi connectivity index (χ4n) is 1.20. The van der Waals surface area contributed by atoms with Crippen molar-refractivity contribution < 1.29 is 9.53 Å². The highest BCUT2D eigenvalue weighted by molar-refractivity contribution is 9.11. The first-order chi connectivity index (χ1) is 6.69. The van der Waals surface area contributed by atoms with Crippen LogP contribution in [0.2, 0.25) is 0 Å². The molecule has 14 heavy (non-hydrogen) atoms. The third kappa shape index (κ3) is 2.45. The van der Waals surface area contributed by atoms with Crippen LogP contribution in [0.4, 0.5) is 0 Å². The molecule has 0 saturated heterocycles. The van der Waals surface area contributed by atoms with E-state index in [1.807, 2.05) is 25.1 Å². The molecule has 1 aromatic rings. The van der Waals surface area contributed by atoms with E-state index in [9.17, 15) is 4.79 Å². The van der Waals surface area contributed by atoms with E-state index in [0.717, 1.165) is 11.1 Å². The fraction of sp³-hybridized carbons (Fsp3) is 0.182. The Bertz CT molecular complexity index is 370. The molecule has 74 valence electrons. The van der Waals surface area contributed by atoms with Crippen molar-refractivity contribution in [3.63, 3.8) is 0 Å². The summed E-state index contributed by atoms with van der Waals surface area (Å²) in [7, 11) is 1.38. The van der Waals surface area contributed by atoms with Gasteiger partial charge in [-0.2, -0.15) is 0 Å². The van der Waals surface area contributed by atoms with Crippen molar-refractivity contribution in [2.75, 3.05) is 7.11 Å². The summed E-state index contributed by atoms with van der Waals surface area (Å²) in [5, 5.41) is 0. The summed E-state index contributed by atoms with van der Waals surface area (Å²) in [6, 6.07) is 5.57. The largest absolute Gasteiger partial charge is 0.465 e. The molecule has 0 aliphatic rings. The van der Waals surface area contributed by atoms with Crippen molar-refractivity contribution in [2.45, 2.75) is 6.92 Å². The molecule has 0 aliphatic heterocycles. The van der Waals surface area contributed by atoms with Crippen LogP contribution in [0.5, 0.6) is 0 Å². The molecule has 3 heteroatoms. The summed E-state index contributed by atoms with van der Waals surface area (Å²) in [6.07, 6.45) is 1.91. The van der Waals surface area contributed by atoms with Gasteiger partial charge in [0.15, 0.2) is 0 Å². The van der Waals surface area contributed by atoms with Crippen LogP contribution >= 0.6 is 15.9 Å². The van der Waals surface area contributed by atoms with E-state index in [1.165, 1.54) is 7.11 Å².